The third-order valence-corrected chi connectivity index (χ3v) is 2.80. The summed E-state index contributed by atoms with van der Waals surface area (Å²) in [6, 6.07) is 0. The second kappa shape index (κ2) is 4.40. The molecular weight excluding hydrogens is 180 g/mol. The van der Waals surface area contributed by atoms with E-state index in [1.54, 1.807) is 6.08 Å². The summed E-state index contributed by atoms with van der Waals surface area (Å²) < 4.78 is 0. The van der Waals surface area contributed by atoms with E-state index in [0.29, 0.717) is 25.7 Å². The van der Waals surface area contributed by atoms with Crippen LogP contribution in [0.3, 0.4) is 0 Å². The first-order valence-electron chi connectivity index (χ1n) is 5.03. The first-order chi connectivity index (χ1) is 6.60. The monoisotopic (exact) mass is 196 g/mol. The first kappa shape index (κ1) is 11.0. The second-order valence-corrected chi connectivity index (χ2v) is 3.81. The fourth-order valence-electron chi connectivity index (χ4n) is 1.77. The summed E-state index contributed by atoms with van der Waals surface area (Å²) in [6.07, 6.45) is 6.20. The Morgan fingerprint density at radius 3 is 2.50 bits per heavy atom. The molecule has 14 heavy (non-hydrogen) atoms. The predicted octanol–water partition coefficient (Wildman–Crippen LogP) is 2.17. The van der Waals surface area contributed by atoms with E-state index in [1.807, 2.05) is 13.0 Å². The molecule has 0 radical (unpaired) electrons. The molecule has 1 aliphatic rings. The minimum absolute atomic E-state index is 0.187. The molecule has 1 N–H and O–H groups in total. The van der Waals surface area contributed by atoms with Crippen molar-refractivity contribution in [2.45, 2.75) is 39.0 Å². The number of carbonyl (C=O) groups is 2. The summed E-state index contributed by atoms with van der Waals surface area (Å²) in [6.45, 7) is 1.97. The Morgan fingerprint density at radius 1 is 1.50 bits per heavy atom. The van der Waals surface area contributed by atoms with Crippen LogP contribution in [0.15, 0.2) is 12.2 Å². The molecule has 0 bridgehead atoms. The van der Waals surface area contributed by atoms with E-state index < -0.39 is 11.4 Å². The molecule has 0 aliphatic heterocycles. The van der Waals surface area contributed by atoms with E-state index in [1.165, 1.54) is 0 Å². The summed E-state index contributed by atoms with van der Waals surface area (Å²) in [4.78, 5) is 22.2. The highest BCUT2D eigenvalue weighted by molar-refractivity contribution is 5.84. The average Bonchev–Trinajstić information content (AvgIpc) is 2.17. The molecule has 0 heterocycles. The van der Waals surface area contributed by atoms with Crippen LogP contribution in [-0.4, -0.2) is 16.9 Å². The lowest BCUT2D eigenvalue weighted by Crippen LogP contribution is -2.33. The van der Waals surface area contributed by atoms with Crippen LogP contribution in [0.4, 0.5) is 0 Å². The Balaban J connectivity index is 2.78. The van der Waals surface area contributed by atoms with Gasteiger partial charge >= 0.3 is 5.97 Å². The van der Waals surface area contributed by atoms with Crippen molar-refractivity contribution < 1.29 is 14.7 Å². The number of carbonyl (C=O) groups excluding carboxylic acids is 1. The first-order valence-corrected chi connectivity index (χ1v) is 5.03. The zero-order chi connectivity index (χ0) is 10.6. The molecule has 0 aromatic carbocycles. The van der Waals surface area contributed by atoms with Gasteiger partial charge in [-0.1, -0.05) is 19.1 Å². The number of Topliss-reactive ketones (excluding diaryl/α,β-unsaturated/α-hetero) is 1. The highest BCUT2D eigenvalue weighted by Gasteiger charge is 2.39. The van der Waals surface area contributed by atoms with Crippen molar-refractivity contribution in [2.24, 2.45) is 5.41 Å². The van der Waals surface area contributed by atoms with Gasteiger partial charge in [-0.05, 0) is 19.3 Å². The Bertz CT molecular complexity index is 256. The molecular formula is C11H16O3. The molecule has 78 valence electrons. The van der Waals surface area contributed by atoms with Gasteiger partial charge in [0, 0.05) is 12.8 Å². The van der Waals surface area contributed by atoms with Crippen molar-refractivity contribution in [3.05, 3.63) is 12.2 Å². The van der Waals surface area contributed by atoms with Crippen LogP contribution in [0.5, 0.6) is 0 Å². The quantitative estimate of drug-likeness (QED) is 0.704. The number of hydrogen-bond donors (Lipinski definition) is 1. The van der Waals surface area contributed by atoms with Crippen LogP contribution < -0.4 is 0 Å². The van der Waals surface area contributed by atoms with Gasteiger partial charge in [0.25, 0.3) is 0 Å². The summed E-state index contributed by atoms with van der Waals surface area (Å²) in [5.74, 6) is -0.610. The van der Waals surface area contributed by atoms with E-state index >= 15 is 0 Å². The molecule has 1 saturated carbocycles. The molecule has 3 heteroatoms. The third kappa shape index (κ3) is 2.22. The maximum atomic E-state index is 11.1. The van der Waals surface area contributed by atoms with E-state index in [9.17, 15) is 9.59 Å². The minimum atomic E-state index is -0.797. The highest BCUT2D eigenvalue weighted by Crippen LogP contribution is 2.36. The molecule has 3 nitrogen and oxygen atoms in total. The van der Waals surface area contributed by atoms with Crippen LogP contribution >= 0.6 is 0 Å². The van der Waals surface area contributed by atoms with Crippen LogP contribution in [0.2, 0.25) is 0 Å². The van der Waals surface area contributed by atoms with Gasteiger partial charge in [0.15, 0.2) is 0 Å². The smallest absolute Gasteiger partial charge is 0.313 e. The normalized spacial score (nSPS) is 21.4. The van der Waals surface area contributed by atoms with E-state index in [-0.39, 0.29) is 5.78 Å². The zero-order valence-electron chi connectivity index (χ0n) is 8.45. The molecule has 0 aromatic heterocycles. The van der Waals surface area contributed by atoms with Crippen LogP contribution in [-0.2, 0) is 9.59 Å². The van der Waals surface area contributed by atoms with Crippen molar-refractivity contribution in [1.29, 1.82) is 0 Å². The fraction of sp³-hybridized carbons (Fsp3) is 0.636. The number of carboxylic acids is 1. The Labute approximate surface area is 83.8 Å². The lowest BCUT2D eigenvalue weighted by molar-refractivity contribution is -0.148. The van der Waals surface area contributed by atoms with Crippen LogP contribution in [0.1, 0.15) is 39.0 Å². The van der Waals surface area contributed by atoms with Crippen LogP contribution in [0.25, 0.3) is 0 Å². The maximum absolute atomic E-state index is 11.1. The highest BCUT2D eigenvalue weighted by atomic mass is 16.4. The lowest BCUT2D eigenvalue weighted by Gasteiger charge is -2.29. The number of ketones is 1. The van der Waals surface area contributed by atoms with E-state index in [0.717, 1.165) is 6.42 Å². The molecule has 1 rings (SSSR count). The Morgan fingerprint density at radius 2 is 2.07 bits per heavy atom. The van der Waals surface area contributed by atoms with Crippen molar-refractivity contribution >= 4 is 11.8 Å². The number of hydrogen-bond acceptors (Lipinski definition) is 2. The topological polar surface area (TPSA) is 54.4 Å². The van der Waals surface area contributed by atoms with E-state index in [2.05, 4.69) is 0 Å². The van der Waals surface area contributed by atoms with Gasteiger partial charge in [0.1, 0.15) is 5.78 Å². The maximum Gasteiger partial charge on any atom is 0.313 e. The van der Waals surface area contributed by atoms with Crippen molar-refractivity contribution in [1.82, 2.24) is 0 Å². The minimum Gasteiger partial charge on any atom is -0.481 e. The largest absolute Gasteiger partial charge is 0.481 e. The summed E-state index contributed by atoms with van der Waals surface area (Å²) in [7, 11) is 0. The lowest BCUT2D eigenvalue weighted by atomic mass is 9.73. The molecule has 1 aliphatic carbocycles. The molecule has 0 unspecified atom stereocenters. The molecule has 1 fully saturated rings. The number of carboxylic acid groups (broad SMARTS) is 1. The van der Waals surface area contributed by atoms with Gasteiger partial charge in [-0.25, -0.2) is 0 Å². The van der Waals surface area contributed by atoms with Gasteiger partial charge in [0.05, 0.1) is 5.41 Å². The molecule has 0 saturated heterocycles. The summed E-state index contributed by atoms with van der Waals surface area (Å²) >= 11 is 0. The van der Waals surface area contributed by atoms with Gasteiger partial charge in [-0.2, -0.15) is 0 Å². The van der Waals surface area contributed by atoms with Gasteiger partial charge in [-0.15, -0.1) is 0 Å². The van der Waals surface area contributed by atoms with Crippen molar-refractivity contribution in [3.8, 4) is 0 Å². The van der Waals surface area contributed by atoms with Gasteiger partial charge < -0.3 is 5.11 Å². The van der Waals surface area contributed by atoms with E-state index in [4.69, 9.17) is 5.11 Å². The fourth-order valence-corrected chi connectivity index (χ4v) is 1.77. The second-order valence-electron chi connectivity index (χ2n) is 3.81. The average molecular weight is 196 g/mol. The standard InChI is InChI=1S/C11H16O3/c1-2-3-6-11(10(13)14)7-4-9(12)5-8-11/h3,6H,2,4-5,7-8H2,1H3,(H,13,14)/b6-3+. The summed E-state index contributed by atoms with van der Waals surface area (Å²) in [5.41, 5.74) is -0.774. The molecule has 0 atom stereocenters. The molecule has 0 aromatic rings. The number of allylic oxidation sites excluding steroid dienone is 1. The number of aliphatic carboxylic acids is 1. The Hall–Kier alpha value is -1.12. The van der Waals surface area contributed by atoms with Gasteiger partial charge in [-0.3, -0.25) is 9.59 Å². The Kier molecular flexibility index (Phi) is 3.44. The predicted molar refractivity (Wildman–Crippen MR) is 53.0 cm³/mol. The summed E-state index contributed by atoms with van der Waals surface area (Å²) in [5, 5.41) is 9.14. The van der Waals surface area contributed by atoms with Crippen LogP contribution in [0, 0.1) is 5.41 Å². The zero-order valence-corrected chi connectivity index (χ0v) is 8.45. The van der Waals surface area contributed by atoms with Crippen molar-refractivity contribution in [2.75, 3.05) is 0 Å². The van der Waals surface area contributed by atoms with Gasteiger partial charge in [0.2, 0.25) is 0 Å². The molecule has 0 spiro atoms. The SMILES string of the molecule is CC/C=C/C1(C(=O)O)CCC(=O)CC1. The third-order valence-electron chi connectivity index (χ3n) is 2.80. The molecule has 0 amide bonds. The van der Waals surface area contributed by atoms with Crippen molar-refractivity contribution in [3.63, 3.8) is 0 Å². The number of rotatable bonds is 3.